The maximum absolute atomic E-state index is 13.3. The number of para-hydroxylation sites is 1. The molecule has 17 nitrogen and oxygen atoms in total. The van der Waals surface area contributed by atoms with Crippen LogP contribution in [0.25, 0.3) is 0 Å². The molecule has 4 N–H and O–H groups in total. The van der Waals surface area contributed by atoms with E-state index in [1.165, 1.54) is 95.9 Å². The minimum atomic E-state index is -1.04. The summed E-state index contributed by atoms with van der Waals surface area (Å²) in [4.78, 5) is 69.4. The largest absolute Gasteiger partial charge is 0.496 e. The first-order valence-electron chi connectivity index (χ1n) is 53.0. The molecule has 8 saturated heterocycles. The zero-order valence-corrected chi connectivity index (χ0v) is 82.7. The number of ether oxygens (including phenoxy) is 1. The van der Waals surface area contributed by atoms with E-state index in [0.29, 0.717) is 76.9 Å². The zero-order valence-electron chi connectivity index (χ0n) is 82.7. The van der Waals surface area contributed by atoms with Gasteiger partial charge in [0.15, 0.2) is 0 Å². The summed E-state index contributed by atoms with van der Waals surface area (Å²) in [5, 5.41) is 41.0. The number of carboxylic acid groups (broad SMARTS) is 4. The van der Waals surface area contributed by atoms with Crippen molar-refractivity contribution in [1.29, 1.82) is 0 Å². The summed E-state index contributed by atoms with van der Waals surface area (Å²) < 4.78 is 19.0. The molecule has 0 radical (unpaired) electrons. The molecule has 8 aliphatic heterocycles. The molecule has 10 fully saturated rings. The summed E-state index contributed by atoms with van der Waals surface area (Å²) in [5.41, 5.74) is 11.5. The Hall–Kier alpha value is -10.5. The predicted molar refractivity (Wildman–Crippen MR) is 557 cm³/mol. The quantitative estimate of drug-likeness (QED) is 0.0347. The molecule has 4 unspecified atom stereocenters. The van der Waals surface area contributed by atoms with Crippen molar-refractivity contribution >= 4 is 23.9 Å². The fraction of sp³-hybridized carbons (Fsp3) is 0.475. The zero-order chi connectivity index (χ0) is 96.7. The summed E-state index contributed by atoms with van der Waals surface area (Å²) in [6, 6.07) is 98.4. The highest BCUT2D eigenvalue weighted by molar-refractivity contribution is 5.80. The minimum Gasteiger partial charge on any atom is -0.496 e. The summed E-state index contributed by atoms with van der Waals surface area (Å²) >= 11 is 0. The number of hydrogen-bond donors (Lipinski definition) is 4. The first-order valence-corrected chi connectivity index (χ1v) is 53.0. The van der Waals surface area contributed by atoms with Crippen molar-refractivity contribution in [2.75, 3.05) is 138 Å². The second kappa shape index (κ2) is 49.5. The maximum Gasteiger partial charge on any atom is 0.328 e. The Bertz CT molecular complexity index is 5430. The fourth-order valence-corrected chi connectivity index (χ4v) is 26.5. The van der Waals surface area contributed by atoms with E-state index >= 15 is 0 Å². The van der Waals surface area contributed by atoms with Crippen LogP contribution in [0.3, 0.4) is 0 Å². The highest BCUT2D eigenvalue weighted by atomic mass is 19.1. The van der Waals surface area contributed by atoms with Gasteiger partial charge in [0.05, 0.1) is 7.11 Å². The van der Waals surface area contributed by atoms with Gasteiger partial charge in [0.25, 0.3) is 0 Å². The number of piperidine rings is 4. The van der Waals surface area contributed by atoms with E-state index in [-0.39, 0.29) is 23.8 Å². The number of hydrogen-bond acceptors (Lipinski definition) is 13. The van der Waals surface area contributed by atoms with Gasteiger partial charge >= 0.3 is 23.9 Å². The lowest BCUT2D eigenvalue weighted by Gasteiger charge is -2.36. The van der Waals surface area contributed by atoms with Crippen molar-refractivity contribution in [3.63, 3.8) is 0 Å². The van der Waals surface area contributed by atoms with Gasteiger partial charge in [0.1, 0.15) is 35.2 Å². The molecule has 10 aromatic carbocycles. The molecular formula is C122H151FN8O9. The van der Waals surface area contributed by atoms with Crippen LogP contribution in [0.1, 0.15) is 232 Å². The second-order valence-electron chi connectivity index (χ2n) is 42.5. The number of nitrogens with zero attached hydrogens (tertiary/aromatic N) is 8. The number of methoxy groups -OCH3 is 1. The molecule has 0 amide bonds. The van der Waals surface area contributed by atoms with Gasteiger partial charge in [-0.2, -0.15) is 0 Å². The lowest BCUT2D eigenvalue weighted by molar-refractivity contribution is -0.151. The number of carbonyl (C=O) groups is 4. The number of halogens is 1. The van der Waals surface area contributed by atoms with Gasteiger partial charge in [-0.05, 0) is 269 Å². The average Bonchev–Trinajstić information content (AvgIpc) is 1.59. The first kappa shape index (κ1) is 101. The topological polar surface area (TPSA) is 184 Å². The van der Waals surface area contributed by atoms with Crippen molar-refractivity contribution in [1.82, 2.24) is 39.2 Å². The van der Waals surface area contributed by atoms with Gasteiger partial charge < -0.3 is 44.8 Å². The van der Waals surface area contributed by atoms with E-state index in [1.54, 1.807) is 19.2 Å². The van der Waals surface area contributed by atoms with Crippen molar-refractivity contribution in [3.05, 3.63) is 353 Å². The Morgan fingerprint density at radius 3 is 0.971 bits per heavy atom. The summed E-state index contributed by atoms with van der Waals surface area (Å²) in [6.07, 6.45) is 20.6. The van der Waals surface area contributed by atoms with Crippen molar-refractivity contribution in [2.45, 2.75) is 194 Å². The van der Waals surface area contributed by atoms with E-state index in [4.69, 9.17) is 4.74 Å². The van der Waals surface area contributed by atoms with Crippen LogP contribution in [0.15, 0.2) is 291 Å². The average molecular weight is 1890 g/mol. The molecule has 0 bridgehead atoms. The van der Waals surface area contributed by atoms with Crippen LogP contribution in [0.2, 0.25) is 0 Å². The molecule has 18 heteroatoms. The van der Waals surface area contributed by atoms with E-state index in [0.717, 1.165) is 212 Å². The highest BCUT2D eigenvalue weighted by Gasteiger charge is 2.51. The highest BCUT2D eigenvalue weighted by Crippen LogP contribution is 2.47. The number of rotatable bonds is 29. The SMILES string of the molecule is COc1ccccc1C1CCN(C[C@H]2CN([C@@H](C(=O)O)C3CCCCC3)CC2c2ccccc2)CC1.C[C@](C(=O)O)(c1ccccc1)N1CC(c2ccccc2)[C@@H](CN2CCC(c3ccccc3)CC2)C1.O=C(O)[C@@H](C1CCCCC1)N1CC(c2ccccc2)[C@@H](CN2CCC(c3ccc(F)cc3)CC2)C1.O=C(O)[C@@H](c1ccccc1)N1CC(c2ccccc2)[C@@H](CN2CCC(c3ccccc3)CC2)C1. The maximum atomic E-state index is 13.3. The van der Waals surface area contributed by atoms with E-state index in [9.17, 15) is 44.0 Å². The third-order valence-corrected chi connectivity index (χ3v) is 34.1. The van der Waals surface area contributed by atoms with Gasteiger partial charge in [0.2, 0.25) is 0 Å². The van der Waals surface area contributed by atoms with Gasteiger partial charge in [-0.1, -0.05) is 312 Å². The predicted octanol–water partition coefficient (Wildman–Crippen LogP) is 22.4. The molecule has 0 spiro atoms. The third kappa shape index (κ3) is 25.6. The van der Waals surface area contributed by atoms with Crippen LogP contribution in [0.5, 0.6) is 5.75 Å². The Labute approximate surface area is 832 Å². The van der Waals surface area contributed by atoms with Crippen molar-refractivity contribution < 1.29 is 48.7 Å². The number of carboxylic acids is 4. The number of likely N-dealkylation sites (tertiary alicyclic amines) is 8. The van der Waals surface area contributed by atoms with E-state index in [2.05, 4.69) is 239 Å². The molecule has 8 heterocycles. The molecule has 140 heavy (non-hydrogen) atoms. The molecule has 10 aliphatic rings. The molecular weight excluding hydrogens is 1740 g/mol. The standard InChI is InChI=1S/C31H42N2O3.C31H36N2O2.C30H39FN2O2.C30H34N2O2/c1-36-29-15-9-8-14-27(29)24-16-18-32(19-17-24)20-26-21-33(22-28(26)23-10-4-2-5-11-23)30(31(34)35)25-12-6-3-7-13-25;1-31(30(34)35,28-15-9-4-10-16-28)33-22-27(29(23-33)26-13-7-3-8-14-26)21-32-19-17-25(18-20-32)24-11-5-2-6-12-24;31-27-13-11-22(12-14-27)23-15-17-32(18-16-23)19-26-20-33(21-28(26)24-7-3-1-4-8-24)29(30(34)35)25-9-5-2-6-10-25;33-30(34)29(26-14-8-3-9-15-26)32-21-27(28(22-32)25-12-6-2-7-13-25)20-31-18-16-24(17-19-31)23-10-4-1-5-11-23/h2,4-5,8-11,14-15,24-26,28,30H,3,6-7,12-13,16-22H2,1H3,(H,34,35);2-16,25,27,29H,17-23H2,1H3,(H,34,35);1,3-4,7-8,11-14,23,25-26,28-29H,2,5-6,9-10,15-21H2,(H,34,35);1-15,24,27-29H,16-22H2,(H,33,34)/t26-,28?,30+;27-,29?,31+;26-,28?,29+;27-,28?,29+/m0000/s1. The molecule has 2 aliphatic carbocycles. The van der Waals surface area contributed by atoms with Gasteiger partial charge in [-0.3, -0.25) is 34.0 Å². The molecule has 12 atom stereocenters. The van der Waals surface area contributed by atoms with Crippen LogP contribution < -0.4 is 4.74 Å². The summed E-state index contributed by atoms with van der Waals surface area (Å²) in [7, 11) is 1.77. The van der Waals surface area contributed by atoms with Crippen LogP contribution >= 0.6 is 0 Å². The fourth-order valence-electron chi connectivity index (χ4n) is 26.5. The van der Waals surface area contributed by atoms with Crippen LogP contribution in [0, 0.1) is 41.3 Å². The normalized spacial score (nSPS) is 24.6. The molecule has 2 saturated carbocycles. The van der Waals surface area contributed by atoms with Crippen LogP contribution in [-0.4, -0.2) is 234 Å². The minimum absolute atomic E-state index is 0.170. The van der Waals surface area contributed by atoms with Crippen LogP contribution in [0.4, 0.5) is 4.39 Å². The summed E-state index contributed by atoms with van der Waals surface area (Å²) in [6.45, 7) is 21.3. The smallest absolute Gasteiger partial charge is 0.328 e. The molecule has 740 valence electrons. The van der Waals surface area contributed by atoms with Crippen molar-refractivity contribution in [2.24, 2.45) is 35.5 Å². The molecule has 20 rings (SSSR count). The van der Waals surface area contributed by atoms with Gasteiger partial charge in [-0.15, -0.1) is 0 Å². The Kier molecular flexibility index (Phi) is 35.7. The Morgan fingerprint density at radius 2 is 0.621 bits per heavy atom. The lowest BCUT2D eigenvalue weighted by Crippen LogP contribution is -2.49. The number of aliphatic carboxylic acids is 4. The number of benzene rings is 10. The lowest BCUT2D eigenvalue weighted by atomic mass is 9.83. The monoisotopic (exact) mass is 1890 g/mol. The summed E-state index contributed by atoms with van der Waals surface area (Å²) in [5.74, 6) is 4.10. The van der Waals surface area contributed by atoms with E-state index in [1.807, 2.05) is 85.8 Å². The van der Waals surface area contributed by atoms with E-state index < -0.39 is 35.5 Å². The van der Waals surface area contributed by atoms with Gasteiger partial charge in [-0.25, -0.2) is 9.18 Å². The Balaban J connectivity index is 0.000000129. The third-order valence-electron chi connectivity index (χ3n) is 34.1. The van der Waals surface area contributed by atoms with Crippen molar-refractivity contribution in [3.8, 4) is 5.75 Å². The molecule has 10 aromatic rings. The van der Waals surface area contributed by atoms with Gasteiger partial charge in [0, 0.05) is 102 Å². The van der Waals surface area contributed by atoms with Crippen LogP contribution in [-0.2, 0) is 24.7 Å². The molecule has 0 aromatic heterocycles. The Morgan fingerprint density at radius 1 is 0.321 bits per heavy atom. The second-order valence-corrected chi connectivity index (χ2v) is 42.5. The first-order chi connectivity index (χ1) is 68.5.